The van der Waals surface area contributed by atoms with Crippen molar-refractivity contribution in [3.05, 3.63) is 82.9 Å². The highest BCUT2D eigenvalue weighted by atomic mass is 16.5. The minimum Gasteiger partial charge on any atom is -0.507 e. The van der Waals surface area contributed by atoms with E-state index in [4.69, 9.17) is 9.47 Å². The fraction of sp³-hybridized carbons (Fsp3) is 0.179. The van der Waals surface area contributed by atoms with E-state index < -0.39 is 0 Å². The van der Waals surface area contributed by atoms with Crippen molar-refractivity contribution in [3.63, 3.8) is 0 Å². The van der Waals surface area contributed by atoms with E-state index >= 15 is 0 Å². The molecule has 3 rings (SSSR count). The van der Waals surface area contributed by atoms with Crippen molar-refractivity contribution < 1.29 is 38.6 Å². The number of aromatic hydroxyl groups is 1. The van der Waals surface area contributed by atoms with Gasteiger partial charge in [-0.15, -0.1) is 0 Å². The summed E-state index contributed by atoms with van der Waals surface area (Å²) in [5, 5.41) is 14.2. The van der Waals surface area contributed by atoms with Crippen LogP contribution in [0.4, 0.5) is 11.4 Å². The lowest BCUT2D eigenvalue weighted by Crippen LogP contribution is -2.09. The zero-order valence-electron chi connectivity index (χ0n) is 21.1. The van der Waals surface area contributed by atoms with Gasteiger partial charge in [-0.05, 0) is 48.9 Å². The predicted molar refractivity (Wildman–Crippen MR) is 141 cm³/mol. The van der Waals surface area contributed by atoms with Crippen molar-refractivity contribution in [2.24, 2.45) is 0 Å². The number of nitrogens with one attached hydrogen (secondary N) is 2. The van der Waals surface area contributed by atoms with Crippen LogP contribution in [-0.4, -0.2) is 42.1 Å². The quantitative estimate of drug-likeness (QED) is 0.278. The van der Waals surface area contributed by atoms with Crippen LogP contribution in [0.15, 0.2) is 60.7 Å². The molecule has 10 heteroatoms. The number of phenols is 1. The molecule has 0 aliphatic rings. The molecule has 3 aromatic carbocycles. The fourth-order valence-electron chi connectivity index (χ4n) is 3.18. The van der Waals surface area contributed by atoms with E-state index in [0.29, 0.717) is 41.9 Å². The minimum atomic E-state index is -0.374. The molecule has 2 amide bonds. The molecule has 0 atom stereocenters. The summed E-state index contributed by atoms with van der Waals surface area (Å²) in [6.07, 6.45) is 1.14. The highest BCUT2D eigenvalue weighted by Crippen LogP contribution is 2.26. The second-order valence-corrected chi connectivity index (χ2v) is 7.76. The molecular weight excluding hydrogens is 492 g/mol. The van der Waals surface area contributed by atoms with E-state index in [-0.39, 0.29) is 41.3 Å². The first-order valence-electron chi connectivity index (χ1n) is 11.5. The third kappa shape index (κ3) is 8.59. The van der Waals surface area contributed by atoms with Gasteiger partial charge < -0.3 is 25.2 Å². The van der Waals surface area contributed by atoms with E-state index in [1.54, 1.807) is 61.5 Å². The van der Waals surface area contributed by atoms with E-state index in [9.17, 15) is 29.1 Å². The molecule has 198 valence electrons. The van der Waals surface area contributed by atoms with Gasteiger partial charge in [0.2, 0.25) is 11.8 Å². The van der Waals surface area contributed by atoms with Gasteiger partial charge >= 0.3 is 5.97 Å². The molecule has 0 aliphatic heterocycles. The Bertz CT molecular complexity index is 1300. The molecule has 0 aromatic heterocycles. The first-order valence-corrected chi connectivity index (χ1v) is 11.5. The van der Waals surface area contributed by atoms with Crippen molar-refractivity contribution in [1.82, 2.24) is 0 Å². The molecule has 0 heterocycles. The van der Waals surface area contributed by atoms with Gasteiger partial charge in [0.05, 0.1) is 34.7 Å². The zero-order chi connectivity index (χ0) is 28.1. The van der Waals surface area contributed by atoms with Crippen molar-refractivity contribution >= 4 is 41.7 Å². The largest absolute Gasteiger partial charge is 0.507 e. The molecule has 0 aliphatic carbocycles. The number of carbonyl (C=O) groups is 5. The summed E-state index contributed by atoms with van der Waals surface area (Å²) in [5.74, 6) is -0.693. The summed E-state index contributed by atoms with van der Waals surface area (Å²) in [6, 6.07) is 16.3. The number of phenolic OH excluding ortho intramolecular Hbond substituents is 1. The number of hydrogen-bond acceptors (Lipinski definition) is 8. The van der Waals surface area contributed by atoms with Crippen molar-refractivity contribution in [2.75, 3.05) is 17.2 Å². The first-order chi connectivity index (χ1) is 18.2. The third-order valence-electron chi connectivity index (χ3n) is 4.87. The molecule has 0 saturated carbocycles. The Morgan fingerprint density at radius 1 is 0.816 bits per heavy atom. The summed E-state index contributed by atoms with van der Waals surface area (Å²) in [4.78, 5) is 55.4. The van der Waals surface area contributed by atoms with Gasteiger partial charge in [0.1, 0.15) is 18.1 Å². The molecule has 3 N–H and O–H groups in total. The zero-order valence-corrected chi connectivity index (χ0v) is 21.1. The van der Waals surface area contributed by atoms with Gasteiger partial charge in [-0.1, -0.05) is 24.3 Å². The van der Waals surface area contributed by atoms with Gasteiger partial charge in [0, 0.05) is 13.8 Å². The number of anilines is 2. The van der Waals surface area contributed by atoms with Crippen molar-refractivity contribution in [3.8, 4) is 11.5 Å². The number of amides is 2. The Hall–Kier alpha value is -4.99. The van der Waals surface area contributed by atoms with Crippen LogP contribution in [0.3, 0.4) is 0 Å². The molecule has 38 heavy (non-hydrogen) atoms. The highest BCUT2D eigenvalue weighted by Gasteiger charge is 2.11. The second-order valence-electron chi connectivity index (χ2n) is 7.76. The number of ether oxygens (including phenoxy) is 2. The standard InChI is InChI=1S/C19H19NO5.C9H9NO3/c1-3-24-19(23)15-9-7-14(8-10-15)12-25-18-6-4-5-17(16(18)11-21)20-13(2)22;1-6(12)10-8-3-2-4-9(13)7(8)5-11/h4-11H,3,12H2,1-2H3,(H,20,22);2-5,13H,1H3,(H,10,12). The topological polar surface area (TPSA) is 148 Å². The number of aldehydes is 2. The summed E-state index contributed by atoms with van der Waals surface area (Å²) < 4.78 is 10.6. The lowest BCUT2D eigenvalue weighted by atomic mass is 10.1. The number of hydrogen-bond donors (Lipinski definition) is 3. The highest BCUT2D eigenvalue weighted by molar-refractivity contribution is 5.97. The van der Waals surface area contributed by atoms with E-state index in [2.05, 4.69) is 10.6 Å². The van der Waals surface area contributed by atoms with Gasteiger partial charge in [-0.2, -0.15) is 0 Å². The monoisotopic (exact) mass is 520 g/mol. The van der Waals surface area contributed by atoms with Crippen LogP contribution in [0.2, 0.25) is 0 Å². The molecular formula is C28H28N2O8. The molecule has 0 bridgehead atoms. The normalized spacial score (nSPS) is 9.76. The fourth-order valence-corrected chi connectivity index (χ4v) is 3.18. The smallest absolute Gasteiger partial charge is 0.338 e. The van der Waals surface area contributed by atoms with Gasteiger partial charge in [0.15, 0.2) is 12.6 Å². The predicted octanol–water partition coefficient (Wildman–Crippen LogP) is 4.38. The van der Waals surface area contributed by atoms with Crippen LogP contribution in [0.5, 0.6) is 11.5 Å². The summed E-state index contributed by atoms with van der Waals surface area (Å²) >= 11 is 0. The lowest BCUT2D eigenvalue weighted by Gasteiger charge is -2.12. The van der Waals surface area contributed by atoms with Gasteiger partial charge in [0.25, 0.3) is 0 Å². The number of carbonyl (C=O) groups excluding carboxylic acids is 5. The molecule has 0 spiro atoms. The van der Waals surface area contributed by atoms with Crippen LogP contribution >= 0.6 is 0 Å². The maximum Gasteiger partial charge on any atom is 0.338 e. The summed E-state index contributed by atoms with van der Waals surface area (Å²) in [6.45, 7) is 4.99. The first kappa shape index (κ1) is 29.2. The van der Waals surface area contributed by atoms with E-state index in [1.165, 1.54) is 19.9 Å². The van der Waals surface area contributed by atoms with E-state index in [0.717, 1.165) is 5.56 Å². The molecule has 0 fully saturated rings. The number of rotatable bonds is 9. The number of esters is 1. The van der Waals surface area contributed by atoms with Crippen LogP contribution in [0, 0.1) is 0 Å². The molecule has 10 nitrogen and oxygen atoms in total. The number of benzene rings is 3. The Labute approximate surface area is 219 Å². The Morgan fingerprint density at radius 2 is 1.37 bits per heavy atom. The molecule has 0 saturated heterocycles. The Morgan fingerprint density at radius 3 is 1.89 bits per heavy atom. The lowest BCUT2D eigenvalue weighted by molar-refractivity contribution is -0.115. The molecule has 3 aromatic rings. The average molecular weight is 521 g/mol. The SMILES string of the molecule is CC(=O)Nc1cccc(O)c1C=O.CCOC(=O)c1ccc(COc2cccc(NC(C)=O)c2C=O)cc1. The maximum atomic E-state index is 11.6. The molecule has 0 radical (unpaired) electrons. The van der Waals surface area contributed by atoms with Crippen LogP contribution in [0.25, 0.3) is 0 Å². The van der Waals surface area contributed by atoms with Gasteiger partial charge in [-0.3, -0.25) is 19.2 Å². The Kier molecular flexibility index (Phi) is 11.2. The van der Waals surface area contributed by atoms with Crippen LogP contribution in [0.1, 0.15) is 57.4 Å². The Balaban J connectivity index is 0.000000328. The summed E-state index contributed by atoms with van der Waals surface area (Å²) in [5.41, 5.74) is 2.39. The average Bonchev–Trinajstić information content (AvgIpc) is 2.88. The summed E-state index contributed by atoms with van der Waals surface area (Å²) in [7, 11) is 0. The van der Waals surface area contributed by atoms with Crippen molar-refractivity contribution in [1.29, 1.82) is 0 Å². The third-order valence-corrected chi connectivity index (χ3v) is 4.87. The molecule has 0 unspecified atom stereocenters. The second kappa shape index (κ2) is 14.5. The van der Waals surface area contributed by atoms with Crippen LogP contribution in [-0.2, 0) is 20.9 Å². The minimum absolute atomic E-state index is 0.0951. The van der Waals surface area contributed by atoms with E-state index in [1.807, 2.05) is 0 Å². The van der Waals surface area contributed by atoms with Crippen molar-refractivity contribution in [2.45, 2.75) is 27.4 Å². The maximum absolute atomic E-state index is 11.6. The van der Waals surface area contributed by atoms with Gasteiger partial charge in [-0.25, -0.2) is 4.79 Å². The van der Waals surface area contributed by atoms with Crippen LogP contribution < -0.4 is 15.4 Å².